The van der Waals surface area contributed by atoms with Crippen LogP contribution in [0, 0.1) is 0 Å². The Balaban J connectivity index is 1.74. The molecule has 1 aliphatic rings. The minimum atomic E-state index is -0.959. The zero-order valence-electron chi connectivity index (χ0n) is 15.1. The molecule has 6 nitrogen and oxygen atoms in total. The zero-order chi connectivity index (χ0) is 18.7. The highest BCUT2D eigenvalue weighted by Gasteiger charge is 2.22. The smallest absolute Gasteiger partial charge is 0.289 e. The Labute approximate surface area is 152 Å². The van der Waals surface area contributed by atoms with Crippen LogP contribution in [0.5, 0.6) is 5.75 Å². The molecular weight excluding hydrogens is 332 g/mol. The first-order chi connectivity index (χ1) is 12.5. The Morgan fingerprint density at radius 1 is 1.12 bits per heavy atom. The third-order valence-electron chi connectivity index (χ3n) is 4.51. The SMILES string of the molecule is C[C@@H]1CN(CCOc2ccc(C(=O)C(N)=O)c3ccccc23)C[C@H](C)O1. The lowest BCUT2D eigenvalue weighted by molar-refractivity contribution is -0.114. The molecule has 6 heteroatoms. The summed E-state index contributed by atoms with van der Waals surface area (Å²) in [5.41, 5.74) is 5.45. The molecule has 2 N–H and O–H groups in total. The van der Waals surface area contributed by atoms with Gasteiger partial charge in [0.05, 0.1) is 12.2 Å². The Hall–Kier alpha value is -2.44. The summed E-state index contributed by atoms with van der Waals surface area (Å²) in [7, 11) is 0. The second-order valence-electron chi connectivity index (χ2n) is 6.72. The minimum Gasteiger partial charge on any atom is -0.492 e. The van der Waals surface area contributed by atoms with Crippen LogP contribution in [0.25, 0.3) is 10.8 Å². The van der Waals surface area contributed by atoms with Crippen molar-refractivity contribution in [3.8, 4) is 5.75 Å². The van der Waals surface area contributed by atoms with Crippen molar-refractivity contribution in [2.24, 2.45) is 5.73 Å². The van der Waals surface area contributed by atoms with Crippen molar-refractivity contribution in [2.45, 2.75) is 26.1 Å². The highest BCUT2D eigenvalue weighted by atomic mass is 16.5. The fourth-order valence-electron chi connectivity index (χ4n) is 3.48. The molecule has 1 saturated heterocycles. The number of hydrogen-bond donors (Lipinski definition) is 1. The number of primary amides is 1. The normalized spacial score (nSPS) is 20.8. The van der Waals surface area contributed by atoms with Gasteiger partial charge >= 0.3 is 0 Å². The molecule has 0 unspecified atom stereocenters. The van der Waals surface area contributed by atoms with Crippen LogP contribution in [0.3, 0.4) is 0 Å². The van der Waals surface area contributed by atoms with E-state index in [0.717, 1.165) is 25.0 Å². The summed E-state index contributed by atoms with van der Waals surface area (Å²) in [5.74, 6) is -0.959. The van der Waals surface area contributed by atoms with Crippen LogP contribution in [0.1, 0.15) is 24.2 Å². The number of nitrogens with zero attached hydrogens (tertiary/aromatic N) is 1. The number of ketones is 1. The van der Waals surface area contributed by atoms with E-state index >= 15 is 0 Å². The van der Waals surface area contributed by atoms with Crippen molar-refractivity contribution >= 4 is 22.5 Å². The van der Waals surface area contributed by atoms with Gasteiger partial charge in [0.15, 0.2) is 0 Å². The minimum absolute atomic E-state index is 0.221. The van der Waals surface area contributed by atoms with Gasteiger partial charge in [-0.2, -0.15) is 0 Å². The molecule has 1 fully saturated rings. The molecule has 2 aromatic carbocycles. The van der Waals surface area contributed by atoms with Gasteiger partial charge in [0.25, 0.3) is 11.7 Å². The Kier molecular flexibility index (Phi) is 5.54. The quantitative estimate of drug-likeness (QED) is 0.632. The molecule has 138 valence electrons. The number of benzene rings is 2. The second-order valence-corrected chi connectivity index (χ2v) is 6.72. The fraction of sp³-hybridized carbons (Fsp3) is 0.400. The average Bonchev–Trinajstić information content (AvgIpc) is 2.60. The van der Waals surface area contributed by atoms with Crippen LogP contribution in [0.15, 0.2) is 36.4 Å². The molecular formula is C20H24N2O4. The van der Waals surface area contributed by atoms with Gasteiger partial charge in [0, 0.05) is 30.6 Å². The third-order valence-corrected chi connectivity index (χ3v) is 4.51. The lowest BCUT2D eigenvalue weighted by Crippen LogP contribution is -2.46. The monoisotopic (exact) mass is 356 g/mol. The van der Waals surface area contributed by atoms with E-state index < -0.39 is 11.7 Å². The Morgan fingerprint density at radius 2 is 1.77 bits per heavy atom. The van der Waals surface area contributed by atoms with Crippen molar-refractivity contribution in [3.05, 3.63) is 42.0 Å². The summed E-state index contributed by atoms with van der Waals surface area (Å²) in [6, 6.07) is 10.7. The number of carbonyl (C=O) groups is 2. The maximum absolute atomic E-state index is 12.0. The number of ether oxygens (including phenoxy) is 2. The first kappa shape index (κ1) is 18.4. The van der Waals surface area contributed by atoms with E-state index in [1.165, 1.54) is 0 Å². The maximum atomic E-state index is 12.0. The molecule has 0 radical (unpaired) electrons. The summed E-state index contributed by atoms with van der Waals surface area (Å²) in [4.78, 5) is 25.6. The molecule has 0 saturated carbocycles. The molecule has 26 heavy (non-hydrogen) atoms. The van der Waals surface area contributed by atoms with E-state index in [-0.39, 0.29) is 12.2 Å². The van der Waals surface area contributed by atoms with Gasteiger partial charge in [-0.05, 0) is 31.4 Å². The van der Waals surface area contributed by atoms with Gasteiger partial charge in [-0.1, -0.05) is 24.3 Å². The summed E-state index contributed by atoms with van der Waals surface area (Å²) < 4.78 is 11.7. The van der Waals surface area contributed by atoms with Crippen molar-refractivity contribution in [2.75, 3.05) is 26.2 Å². The molecule has 1 amide bonds. The van der Waals surface area contributed by atoms with Crippen LogP contribution in [-0.2, 0) is 9.53 Å². The maximum Gasteiger partial charge on any atom is 0.289 e. The van der Waals surface area contributed by atoms with Crippen LogP contribution < -0.4 is 10.5 Å². The van der Waals surface area contributed by atoms with Gasteiger partial charge < -0.3 is 15.2 Å². The number of carbonyl (C=O) groups excluding carboxylic acids is 2. The average molecular weight is 356 g/mol. The molecule has 0 aliphatic carbocycles. The standard InChI is InChI=1S/C20H24N2O4/c1-13-11-22(12-14(2)26-13)9-10-25-18-8-7-17(19(23)20(21)24)15-5-3-4-6-16(15)18/h3-8,13-14H,9-12H2,1-2H3,(H2,21,24)/t13-,14+. The summed E-state index contributed by atoms with van der Waals surface area (Å²) >= 11 is 0. The highest BCUT2D eigenvalue weighted by molar-refractivity contribution is 6.44. The number of amides is 1. The van der Waals surface area contributed by atoms with Crippen LogP contribution in [0.2, 0.25) is 0 Å². The van der Waals surface area contributed by atoms with Crippen molar-refractivity contribution < 1.29 is 19.1 Å². The van der Waals surface area contributed by atoms with Gasteiger partial charge in [-0.15, -0.1) is 0 Å². The van der Waals surface area contributed by atoms with Gasteiger partial charge in [0.1, 0.15) is 12.4 Å². The van der Waals surface area contributed by atoms with Crippen molar-refractivity contribution in [1.29, 1.82) is 0 Å². The Morgan fingerprint density at radius 3 is 2.42 bits per heavy atom. The summed E-state index contributed by atoms with van der Waals surface area (Å²) in [5, 5.41) is 1.46. The summed E-state index contributed by atoms with van der Waals surface area (Å²) in [6.07, 6.45) is 0.442. The van der Waals surface area contributed by atoms with E-state index in [9.17, 15) is 9.59 Å². The fourth-order valence-corrected chi connectivity index (χ4v) is 3.48. The van der Waals surface area contributed by atoms with E-state index in [2.05, 4.69) is 18.7 Å². The molecule has 1 heterocycles. The number of Topliss-reactive ketones (excluding diaryl/α,β-unsaturated/α-hetero) is 1. The predicted octanol–water partition coefficient (Wildman–Crippen LogP) is 2.00. The molecule has 0 spiro atoms. The van der Waals surface area contributed by atoms with E-state index in [1.807, 2.05) is 18.2 Å². The van der Waals surface area contributed by atoms with Crippen molar-refractivity contribution in [3.63, 3.8) is 0 Å². The molecule has 0 bridgehead atoms. The van der Waals surface area contributed by atoms with E-state index in [0.29, 0.717) is 23.3 Å². The molecule has 2 atom stereocenters. The first-order valence-corrected chi connectivity index (χ1v) is 8.82. The molecule has 3 rings (SSSR count). The number of hydrogen-bond acceptors (Lipinski definition) is 5. The lowest BCUT2D eigenvalue weighted by atomic mass is 10.0. The number of fused-ring (bicyclic) bond motifs is 1. The number of rotatable bonds is 6. The largest absolute Gasteiger partial charge is 0.492 e. The van der Waals surface area contributed by atoms with E-state index in [4.69, 9.17) is 15.2 Å². The zero-order valence-corrected chi connectivity index (χ0v) is 15.1. The first-order valence-electron chi connectivity index (χ1n) is 8.82. The Bertz CT molecular complexity index is 811. The number of nitrogens with two attached hydrogens (primary N) is 1. The molecule has 2 aromatic rings. The lowest BCUT2D eigenvalue weighted by Gasteiger charge is -2.35. The predicted molar refractivity (Wildman–Crippen MR) is 99.4 cm³/mol. The van der Waals surface area contributed by atoms with E-state index in [1.54, 1.807) is 18.2 Å². The topological polar surface area (TPSA) is 81.9 Å². The van der Waals surface area contributed by atoms with Crippen LogP contribution >= 0.6 is 0 Å². The van der Waals surface area contributed by atoms with Gasteiger partial charge in [-0.3, -0.25) is 14.5 Å². The second kappa shape index (κ2) is 7.85. The van der Waals surface area contributed by atoms with Crippen LogP contribution in [0.4, 0.5) is 0 Å². The van der Waals surface area contributed by atoms with Gasteiger partial charge in [0.2, 0.25) is 0 Å². The van der Waals surface area contributed by atoms with Crippen LogP contribution in [-0.4, -0.2) is 55.0 Å². The number of morpholine rings is 1. The van der Waals surface area contributed by atoms with Gasteiger partial charge in [-0.25, -0.2) is 0 Å². The molecule has 0 aromatic heterocycles. The highest BCUT2D eigenvalue weighted by Crippen LogP contribution is 2.29. The third kappa shape index (κ3) is 4.03. The summed E-state index contributed by atoms with van der Waals surface area (Å²) in [6.45, 7) is 7.26. The molecule has 1 aliphatic heterocycles. The van der Waals surface area contributed by atoms with Crippen molar-refractivity contribution in [1.82, 2.24) is 4.90 Å².